The van der Waals surface area contributed by atoms with Gasteiger partial charge in [-0.1, -0.05) is 31.5 Å². The molecule has 0 unspecified atom stereocenters. The van der Waals surface area contributed by atoms with Crippen LogP contribution < -0.4 is 14.8 Å². The minimum absolute atomic E-state index is 0.0709. The van der Waals surface area contributed by atoms with Crippen molar-refractivity contribution in [3.8, 4) is 23.3 Å². The molecule has 0 saturated heterocycles. The van der Waals surface area contributed by atoms with Crippen LogP contribution in [-0.2, 0) is 4.79 Å². The van der Waals surface area contributed by atoms with Gasteiger partial charge in [0.05, 0.1) is 19.4 Å². The lowest BCUT2D eigenvalue weighted by Gasteiger charge is -2.11. The zero-order valence-electron chi connectivity index (χ0n) is 15.4. The van der Waals surface area contributed by atoms with Crippen LogP contribution in [0.5, 0.6) is 17.2 Å². The number of amides is 1. The fourth-order valence-electron chi connectivity index (χ4n) is 2.30. The second-order valence-electron chi connectivity index (χ2n) is 5.75. The maximum Gasteiger partial charge on any atom is 0.266 e. The summed E-state index contributed by atoms with van der Waals surface area (Å²) in [5.41, 5.74) is 0.763. The van der Waals surface area contributed by atoms with E-state index in [2.05, 4.69) is 12.2 Å². The van der Waals surface area contributed by atoms with Crippen LogP contribution in [0.15, 0.2) is 48.0 Å². The highest BCUT2D eigenvalue weighted by Gasteiger charge is 2.12. The number of anilines is 1. The first-order chi connectivity index (χ1) is 13.1. The lowest BCUT2D eigenvalue weighted by molar-refractivity contribution is -0.112. The zero-order chi connectivity index (χ0) is 19.6. The van der Waals surface area contributed by atoms with E-state index in [1.165, 1.54) is 19.3 Å². The normalized spacial score (nSPS) is 10.8. The average molecular weight is 366 g/mol. The Kier molecular flexibility index (Phi) is 7.26. The van der Waals surface area contributed by atoms with Crippen molar-refractivity contribution in [2.75, 3.05) is 19.0 Å². The number of nitrogens with zero attached hydrogens (tertiary/aromatic N) is 1. The van der Waals surface area contributed by atoms with Crippen LogP contribution in [0.4, 0.5) is 5.69 Å². The first-order valence-electron chi connectivity index (χ1n) is 8.61. The number of rotatable bonds is 8. The van der Waals surface area contributed by atoms with Gasteiger partial charge in [0, 0.05) is 0 Å². The number of phenols is 1. The Hall–Kier alpha value is -3.46. The number of carbonyl (C=O) groups excluding carboxylic acids is 1. The van der Waals surface area contributed by atoms with Gasteiger partial charge in [0.1, 0.15) is 17.4 Å². The van der Waals surface area contributed by atoms with Crippen molar-refractivity contribution in [1.82, 2.24) is 0 Å². The summed E-state index contributed by atoms with van der Waals surface area (Å²) in [6.45, 7) is 2.67. The van der Waals surface area contributed by atoms with Crippen LogP contribution in [0.1, 0.15) is 25.3 Å². The fourth-order valence-corrected chi connectivity index (χ4v) is 2.30. The topological polar surface area (TPSA) is 91.6 Å². The van der Waals surface area contributed by atoms with Gasteiger partial charge in [-0.2, -0.15) is 5.26 Å². The van der Waals surface area contributed by atoms with Crippen LogP contribution in [0.3, 0.4) is 0 Å². The molecule has 2 aromatic carbocycles. The number of hydrogen-bond acceptors (Lipinski definition) is 5. The number of para-hydroxylation sites is 2. The van der Waals surface area contributed by atoms with Crippen molar-refractivity contribution in [3.05, 3.63) is 53.6 Å². The molecule has 140 valence electrons. The van der Waals surface area contributed by atoms with Gasteiger partial charge in [-0.15, -0.1) is 0 Å². The molecular weight excluding hydrogens is 344 g/mol. The molecule has 0 aliphatic heterocycles. The van der Waals surface area contributed by atoms with E-state index in [4.69, 9.17) is 9.47 Å². The van der Waals surface area contributed by atoms with Crippen molar-refractivity contribution in [3.63, 3.8) is 0 Å². The molecule has 2 aromatic rings. The van der Waals surface area contributed by atoms with Crippen molar-refractivity contribution in [2.24, 2.45) is 0 Å². The molecule has 0 aliphatic rings. The number of methoxy groups -OCH3 is 1. The molecule has 6 nitrogen and oxygen atoms in total. The third kappa shape index (κ3) is 5.51. The summed E-state index contributed by atoms with van der Waals surface area (Å²) >= 11 is 0. The molecule has 0 aliphatic carbocycles. The minimum atomic E-state index is -0.610. The van der Waals surface area contributed by atoms with Crippen LogP contribution in [0.2, 0.25) is 0 Å². The molecule has 0 atom stereocenters. The van der Waals surface area contributed by atoms with E-state index in [0.29, 0.717) is 23.7 Å². The summed E-state index contributed by atoms with van der Waals surface area (Å²) in [6, 6.07) is 13.4. The van der Waals surface area contributed by atoms with Crippen LogP contribution >= 0.6 is 0 Å². The molecule has 0 bridgehead atoms. The Morgan fingerprint density at radius 3 is 2.70 bits per heavy atom. The lowest BCUT2D eigenvalue weighted by atomic mass is 10.1. The number of aromatic hydroxyl groups is 1. The Balaban J connectivity index is 2.20. The van der Waals surface area contributed by atoms with Crippen molar-refractivity contribution in [2.45, 2.75) is 19.8 Å². The van der Waals surface area contributed by atoms with Gasteiger partial charge in [0.2, 0.25) is 0 Å². The number of nitrogens with one attached hydrogen (secondary N) is 1. The monoisotopic (exact) mass is 366 g/mol. The smallest absolute Gasteiger partial charge is 0.266 e. The lowest BCUT2D eigenvalue weighted by Crippen LogP contribution is -2.13. The van der Waals surface area contributed by atoms with Gasteiger partial charge in [-0.3, -0.25) is 4.79 Å². The highest BCUT2D eigenvalue weighted by atomic mass is 16.5. The molecular formula is C21H22N2O4. The second kappa shape index (κ2) is 9.88. The Morgan fingerprint density at radius 2 is 2.04 bits per heavy atom. The number of unbranched alkanes of at least 4 members (excludes halogenated alkanes) is 1. The Morgan fingerprint density at radius 1 is 1.26 bits per heavy atom. The molecule has 1 amide bonds. The maximum atomic E-state index is 12.3. The summed E-state index contributed by atoms with van der Waals surface area (Å²) in [5.74, 6) is 0.457. The van der Waals surface area contributed by atoms with Gasteiger partial charge < -0.3 is 19.9 Å². The van der Waals surface area contributed by atoms with E-state index in [-0.39, 0.29) is 17.0 Å². The van der Waals surface area contributed by atoms with Crippen molar-refractivity contribution < 1.29 is 19.4 Å². The van der Waals surface area contributed by atoms with E-state index in [1.807, 2.05) is 6.07 Å². The first-order valence-corrected chi connectivity index (χ1v) is 8.61. The van der Waals surface area contributed by atoms with Crippen LogP contribution in [-0.4, -0.2) is 24.7 Å². The van der Waals surface area contributed by atoms with Gasteiger partial charge in [-0.25, -0.2) is 0 Å². The van der Waals surface area contributed by atoms with Crippen molar-refractivity contribution in [1.29, 1.82) is 5.26 Å². The highest BCUT2D eigenvalue weighted by Crippen LogP contribution is 2.29. The fraction of sp³-hybridized carbons (Fsp3) is 0.238. The Labute approximate surface area is 158 Å². The predicted octanol–water partition coefficient (Wildman–Crippen LogP) is 4.13. The van der Waals surface area contributed by atoms with Crippen molar-refractivity contribution >= 4 is 17.7 Å². The number of benzene rings is 2. The van der Waals surface area contributed by atoms with E-state index in [0.717, 1.165) is 12.8 Å². The SMILES string of the molecule is CCCCOc1ccc(C=C(C#N)C(=O)Nc2ccccc2O)cc1OC. The third-order valence-electron chi connectivity index (χ3n) is 3.77. The van der Waals surface area contributed by atoms with Gasteiger partial charge in [0.15, 0.2) is 11.5 Å². The summed E-state index contributed by atoms with van der Waals surface area (Å²) in [7, 11) is 1.53. The summed E-state index contributed by atoms with van der Waals surface area (Å²) in [6.07, 6.45) is 3.42. The van der Waals surface area contributed by atoms with E-state index < -0.39 is 5.91 Å². The summed E-state index contributed by atoms with van der Waals surface area (Å²) in [4.78, 5) is 12.3. The largest absolute Gasteiger partial charge is 0.506 e. The summed E-state index contributed by atoms with van der Waals surface area (Å²) in [5, 5.41) is 21.6. The van der Waals surface area contributed by atoms with Crippen LogP contribution in [0.25, 0.3) is 6.08 Å². The first kappa shape index (κ1) is 19.9. The van der Waals surface area contributed by atoms with Gasteiger partial charge in [0.25, 0.3) is 5.91 Å². The predicted molar refractivity (Wildman–Crippen MR) is 104 cm³/mol. The number of ether oxygens (including phenoxy) is 2. The number of phenolic OH excluding ortho intramolecular Hbond substituents is 1. The van der Waals surface area contributed by atoms with E-state index >= 15 is 0 Å². The molecule has 2 N–H and O–H groups in total. The quantitative estimate of drug-likeness (QED) is 0.317. The highest BCUT2D eigenvalue weighted by molar-refractivity contribution is 6.10. The van der Waals surface area contributed by atoms with E-state index in [9.17, 15) is 15.2 Å². The molecule has 0 fully saturated rings. The zero-order valence-corrected chi connectivity index (χ0v) is 15.4. The number of hydrogen-bond donors (Lipinski definition) is 2. The van der Waals surface area contributed by atoms with E-state index in [1.54, 1.807) is 36.4 Å². The van der Waals surface area contributed by atoms with Gasteiger partial charge >= 0.3 is 0 Å². The van der Waals surface area contributed by atoms with Gasteiger partial charge in [-0.05, 0) is 42.3 Å². The minimum Gasteiger partial charge on any atom is -0.506 e. The standard InChI is InChI=1S/C21H22N2O4/c1-3-4-11-27-19-10-9-15(13-20(19)26-2)12-16(14-22)21(25)23-17-7-5-6-8-18(17)24/h5-10,12-13,24H,3-4,11H2,1-2H3,(H,23,25). The third-order valence-corrected chi connectivity index (χ3v) is 3.77. The molecule has 2 rings (SSSR count). The maximum absolute atomic E-state index is 12.3. The van der Waals surface area contributed by atoms with Crippen LogP contribution in [0, 0.1) is 11.3 Å². The molecule has 0 aromatic heterocycles. The molecule has 6 heteroatoms. The molecule has 0 saturated carbocycles. The molecule has 0 radical (unpaired) electrons. The number of carbonyl (C=O) groups is 1. The molecule has 0 heterocycles. The Bertz CT molecular complexity index is 869. The second-order valence-corrected chi connectivity index (χ2v) is 5.75. The molecule has 27 heavy (non-hydrogen) atoms. The summed E-state index contributed by atoms with van der Waals surface area (Å²) < 4.78 is 11.0. The molecule has 0 spiro atoms. The number of nitriles is 1. The average Bonchev–Trinajstić information content (AvgIpc) is 2.68.